The number of rotatable bonds is 21. The van der Waals surface area contributed by atoms with Gasteiger partial charge in [-0.3, -0.25) is 4.79 Å². The van der Waals surface area contributed by atoms with E-state index >= 15 is 0 Å². The number of aliphatic hydroxyl groups is 8. The highest BCUT2D eigenvalue weighted by atomic mass is 16.7. The number of hydrogen-bond donors (Lipinski definition) is 9. The molecule has 2 heterocycles. The molecule has 0 aromatic rings. The summed E-state index contributed by atoms with van der Waals surface area (Å²) in [5.41, 5.74) is 0. The van der Waals surface area contributed by atoms with Crippen molar-refractivity contribution in [1.29, 1.82) is 0 Å². The molecule has 14 heteroatoms. The van der Waals surface area contributed by atoms with Gasteiger partial charge in [0.1, 0.15) is 48.8 Å². The number of aliphatic hydroxyl groups excluding tert-OH is 8. The van der Waals surface area contributed by atoms with E-state index in [1.807, 2.05) is 6.08 Å². The maximum atomic E-state index is 12.7. The first-order valence-corrected chi connectivity index (χ1v) is 16.4. The Morgan fingerprint density at radius 3 is 2.02 bits per heavy atom. The average Bonchev–Trinajstić information content (AvgIpc) is 3.03. The molecule has 45 heavy (non-hydrogen) atoms. The molecule has 0 bridgehead atoms. The van der Waals surface area contributed by atoms with Crippen LogP contribution in [0.3, 0.4) is 0 Å². The van der Waals surface area contributed by atoms with E-state index in [4.69, 9.17) is 18.9 Å². The Labute approximate surface area is 266 Å². The Balaban J connectivity index is 2.04. The van der Waals surface area contributed by atoms with Crippen molar-refractivity contribution in [3.05, 3.63) is 12.2 Å². The summed E-state index contributed by atoms with van der Waals surface area (Å²) >= 11 is 0. The lowest BCUT2D eigenvalue weighted by molar-refractivity contribution is -0.359. The van der Waals surface area contributed by atoms with Crippen LogP contribution < -0.4 is 5.32 Å². The number of amides is 1. The van der Waals surface area contributed by atoms with Gasteiger partial charge in [0.05, 0.1) is 32.0 Å². The van der Waals surface area contributed by atoms with Crippen LogP contribution in [0, 0.1) is 0 Å². The number of carbonyl (C=O) groups excluding carboxylic acids is 1. The molecule has 2 fully saturated rings. The van der Waals surface area contributed by atoms with Crippen molar-refractivity contribution >= 4 is 5.91 Å². The van der Waals surface area contributed by atoms with E-state index in [2.05, 4.69) is 19.2 Å². The summed E-state index contributed by atoms with van der Waals surface area (Å²) in [5.74, 6) is -0.262. The van der Waals surface area contributed by atoms with Crippen LogP contribution in [-0.4, -0.2) is 140 Å². The van der Waals surface area contributed by atoms with E-state index in [1.165, 1.54) is 0 Å². The van der Waals surface area contributed by atoms with Crippen LogP contribution in [-0.2, 0) is 23.7 Å². The molecule has 264 valence electrons. The molecule has 0 aromatic heterocycles. The van der Waals surface area contributed by atoms with Gasteiger partial charge in [-0.1, -0.05) is 70.9 Å². The Morgan fingerprint density at radius 1 is 0.778 bits per heavy atom. The third-order valence-corrected chi connectivity index (χ3v) is 8.22. The monoisotopic (exact) mass is 651 g/mol. The number of unbranched alkanes of at least 4 members (excludes halogenated alkanes) is 8. The predicted molar refractivity (Wildman–Crippen MR) is 162 cm³/mol. The van der Waals surface area contributed by atoms with E-state index in [-0.39, 0.29) is 18.9 Å². The van der Waals surface area contributed by atoms with Crippen molar-refractivity contribution in [3.8, 4) is 0 Å². The molecule has 2 saturated heterocycles. The van der Waals surface area contributed by atoms with Gasteiger partial charge in [-0.15, -0.1) is 0 Å². The molecular weight excluding hydrogens is 594 g/mol. The summed E-state index contributed by atoms with van der Waals surface area (Å²) < 4.78 is 22.3. The summed E-state index contributed by atoms with van der Waals surface area (Å²) in [7, 11) is 0. The van der Waals surface area contributed by atoms with Gasteiger partial charge in [-0.05, 0) is 19.3 Å². The molecule has 1 amide bonds. The lowest BCUT2D eigenvalue weighted by Crippen LogP contribution is -2.65. The molecule has 2 rings (SSSR count). The molecule has 0 saturated carbocycles. The number of carbonyl (C=O) groups is 1. The number of nitrogens with one attached hydrogen (secondary N) is 1. The zero-order valence-corrected chi connectivity index (χ0v) is 26.6. The Hall–Kier alpha value is -1.27. The molecule has 14 nitrogen and oxygen atoms in total. The summed E-state index contributed by atoms with van der Waals surface area (Å²) in [6, 6.07) is -0.899. The SMILES string of the molecule is CCCCCC/C=C/C(O)C(COC1OC(CO)C(OC2OC(CO)C(O)C(O)C2O)C(O)C1O)NC(=O)CCCCCCC. The first-order valence-electron chi connectivity index (χ1n) is 16.4. The minimum atomic E-state index is -1.78. The second-order valence-electron chi connectivity index (χ2n) is 11.9. The maximum Gasteiger partial charge on any atom is 0.220 e. The zero-order chi connectivity index (χ0) is 33.4. The minimum absolute atomic E-state index is 0.262. The molecule has 12 unspecified atom stereocenters. The van der Waals surface area contributed by atoms with E-state index in [9.17, 15) is 45.6 Å². The summed E-state index contributed by atoms with van der Waals surface area (Å²) in [5, 5.41) is 85.2. The number of hydrogen-bond acceptors (Lipinski definition) is 13. The number of ether oxygens (including phenoxy) is 4. The fourth-order valence-electron chi connectivity index (χ4n) is 5.34. The van der Waals surface area contributed by atoms with Crippen LogP contribution >= 0.6 is 0 Å². The molecule has 12 atom stereocenters. The Kier molecular flexibility index (Phi) is 19.1. The van der Waals surface area contributed by atoms with Gasteiger partial charge in [0, 0.05) is 6.42 Å². The Morgan fingerprint density at radius 2 is 1.38 bits per heavy atom. The fourth-order valence-corrected chi connectivity index (χ4v) is 5.34. The quantitative estimate of drug-likeness (QED) is 0.0557. The second kappa shape index (κ2) is 21.6. The minimum Gasteiger partial charge on any atom is -0.394 e. The van der Waals surface area contributed by atoms with Crippen LogP contribution in [0.5, 0.6) is 0 Å². The zero-order valence-electron chi connectivity index (χ0n) is 26.6. The van der Waals surface area contributed by atoms with Crippen molar-refractivity contribution in [2.24, 2.45) is 0 Å². The van der Waals surface area contributed by atoms with Crippen molar-refractivity contribution in [2.75, 3.05) is 19.8 Å². The lowest BCUT2D eigenvalue weighted by atomic mass is 9.97. The van der Waals surface area contributed by atoms with Gasteiger partial charge in [0.25, 0.3) is 0 Å². The van der Waals surface area contributed by atoms with Crippen LogP contribution in [0.4, 0.5) is 0 Å². The molecule has 0 aliphatic carbocycles. The van der Waals surface area contributed by atoms with Gasteiger partial charge in [0.2, 0.25) is 5.91 Å². The normalized spacial score (nSPS) is 33.7. The predicted octanol–water partition coefficient (Wildman–Crippen LogP) is -0.640. The van der Waals surface area contributed by atoms with Crippen LogP contribution in [0.15, 0.2) is 12.2 Å². The van der Waals surface area contributed by atoms with Crippen molar-refractivity contribution in [3.63, 3.8) is 0 Å². The van der Waals surface area contributed by atoms with Gasteiger partial charge in [0.15, 0.2) is 12.6 Å². The highest BCUT2D eigenvalue weighted by Gasteiger charge is 2.50. The van der Waals surface area contributed by atoms with Gasteiger partial charge in [-0.2, -0.15) is 0 Å². The molecular formula is C31H57NO13. The van der Waals surface area contributed by atoms with Crippen molar-refractivity contribution in [2.45, 2.75) is 158 Å². The first-order chi connectivity index (χ1) is 21.6. The highest BCUT2D eigenvalue weighted by molar-refractivity contribution is 5.76. The van der Waals surface area contributed by atoms with E-state index in [1.54, 1.807) is 6.08 Å². The molecule has 0 radical (unpaired) electrons. The summed E-state index contributed by atoms with van der Waals surface area (Å²) in [6.07, 6.45) is -3.33. The van der Waals surface area contributed by atoms with E-state index in [0.717, 1.165) is 57.8 Å². The Bertz CT molecular complexity index is 831. The fraction of sp³-hybridized carbons (Fsp3) is 0.903. The molecule has 9 N–H and O–H groups in total. The van der Waals surface area contributed by atoms with E-state index < -0.39 is 86.8 Å². The summed E-state index contributed by atoms with van der Waals surface area (Å²) in [4.78, 5) is 12.7. The average molecular weight is 652 g/mol. The molecule has 2 aliphatic heterocycles. The molecule has 0 spiro atoms. The number of allylic oxidation sites excluding steroid dienone is 1. The first kappa shape index (κ1) is 39.9. The van der Waals surface area contributed by atoms with Crippen LogP contribution in [0.1, 0.15) is 84.5 Å². The van der Waals surface area contributed by atoms with Crippen molar-refractivity contribution < 1.29 is 64.6 Å². The maximum absolute atomic E-state index is 12.7. The lowest BCUT2D eigenvalue weighted by Gasteiger charge is -2.46. The second-order valence-corrected chi connectivity index (χ2v) is 11.9. The summed E-state index contributed by atoms with van der Waals surface area (Å²) in [6.45, 7) is 2.52. The molecule has 0 aromatic carbocycles. The van der Waals surface area contributed by atoms with Crippen LogP contribution in [0.2, 0.25) is 0 Å². The van der Waals surface area contributed by atoms with Gasteiger partial charge >= 0.3 is 0 Å². The smallest absolute Gasteiger partial charge is 0.220 e. The van der Waals surface area contributed by atoms with Crippen LogP contribution in [0.25, 0.3) is 0 Å². The topological polar surface area (TPSA) is 228 Å². The largest absolute Gasteiger partial charge is 0.394 e. The van der Waals surface area contributed by atoms with Crippen molar-refractivity contribution in [1.82, 2.24) is 5.32 Å². The van der Waals surface area contributed by atoms with Gasteiger partial charge < -0.3 is 65.1 Å². The third kappa shape index (κ3) is 12.7. The molecule has 2 aliphatic rings. The van der Waals surface area contributed by atoms with Gasteiger partial charge in [-0.25, -0.2) is 0 Å². The third-order valence-electron chi connectivity index (χ3n) is 8.22. The van der Waals surface area contributed by atoms with E-state index in [0.29, 0.717) is 6.42 Å². The standard InChI is InChI=1S/C31H57NO13/c1-3-5-7-9-11-12-14-20(35)19(32-23(36)15-13-10-8-6-4-2)18-42-30-28(41)26(39)29(22(17-34)44-30)45-31-27(40)25(38)24(37)21(16-33)43-31/h12,14,19-22,24-31,33-35,37-41H,3-11,13,15-18H2,1-2H3,(H,32,36)/b14-12+. The highest BCUT2D eigenvalue weighted by Crippen LogP contribution is 2.29.